The van der Waals surface area contributed by atoms with Crippen molar-refractivity contribution in [2.75, 3.05) is 0 Å². The Morgan fingerprint density at radius 1 is 1.38 bits per heavy atom. The van der Waals surface area contributed by atoms with Crippen LogP contribution in [0.4, 0.5) is 0 Å². The average molecular weight is 190 g/mol. The molecule has 1 N–H and O–H groups in total. The van der Waals surface area contributed by atoms with Gasteiger partial charge in [-0.2, -0.15) is 0 Å². The van der Waals surface area contributed by atoms with Crippen LogP contribution in [0.25, 0.3) is 0 Å². The Kier molecular flexibility index (Phi) is 5.94. The molecule has 0 aliphatic rings. The van der Waals surface area contributed by atoms with Crippen molar-refractivity contribution in [2.24, 2.45) is 0 Å². The Morgan fingerprint density at radius 3 is 2.31 bits per heavy atom. The summed E-state index contributed by atoms with van der Waals surface area (Å²) in [5.41, 5.74) is 0.347. The number of hydrogen-bond donors (Lipinski definition) is 1. The third-order valence-electron chi connectivity index (χ3n) is 1.42. The zero-order valence-corrected chi connectivity index (χ0v) is 9.14. The van der Waals surface area contributed by atoms with Gasteiger partial charge in [-0.3, -0.25) is 5.26 Å². The molecule has 0 amide bonds. The Balaban J connectivity index is 0.00000144. The molecular weight excluding hydrogens is 183 g/mol. The molecule has 0 aliphatic heterocycles. The fourth-order valence-electron chi connectivity index (χ4n) is 0.868. The van der Waals surface area contributed by atoms with E-state index >= 15 is 0 Å². The van der Waals surface area contributed by atoms with Crippen molar-refractivity contribution in [1.82, 2.24) is 0 Å². The van der Waals surface area contributed by atoms with Crippen LogP contribution in [0, 0.1) is 0 Å². The molecule has 13 heavy (non-hydrogen) atoms. The number of carbonyl (C=O) groups excluding carboxylic acids is 1. The number of aliphatic carboxylic acids is 1. The van der Waals surface area contributed by atoms with Gasteiger partial charge in [0, 0.05) is 0 Å². The molecule has 0 spiro atoms. The second kappa shape index (κ2) is 6.12. The molecule has 0 aliphatic carbocycles. The van der Waals surface area contributed by atoms with Gasteiger partial charge in [0.1, 0.15) is 0 Å². The first-order valence-corrected chi connectivity index (χ1v) is 3.31. The summed E-state index contributed by atoms with van der Waals surface area (Å²) in [7, 11) is 0. The van der Waals surface area contributed by atoms with Crippen molar-refractivity contribution >= 4 is 5.97 Å². The van der Waals surface area contributed by atoms with Crippen LogP contribution in [0.2, 0.25) is 0 Å². The van der Waals surface area contributed by atoms with Crippen molar-refractivity contribution in [3.05, 3.63) is 35.9 Å². The molecule has 1 aromatic rings. The Labute approximate surface area is 97.4 Å². The van der Waals surface area contributed by atoms with Crippen LogP contribution < -0.4 is 34.7 Å². The minimum atomic E-state index is -1.47. The summed E-state index contributed by atoms with van der Waals surface area (Å²) < 4.78 is 0. The van der Waals surface area contributed by atoms with Crippen LogP contribution >= 0.6 is 0 Å². The maximum atomic E-state index is 10.3. The van der Waals surface area contributed by atoms with Gasteiger partial charge in [-0.15, -0.1) is 0 Å². The Hall–Kier alpha value is -0.390. The van der Waals surface area contributed by atoms with Gasteiger partial charge in [0.25, 0.3) is 0 Å². The summed E-state index contributed by atoms with van der Waals surface area (Å²) >= 11 is 0. The summed E-state index contributed by atoms with van der Waals surface area (Å²) in [6, 6.07) is 8.06. The number of carboxylic acids is 1. The molecule has 1 aromatic carbocycles. The van der Waals surface area contributed by atoms with E-state index < -0.39 is 12.1 Å². The minimum Gasteiger partial charge on any atom is -0.547 e. The summed E-state index contributed by atoms with van der Waals surface area (Å²) in [6.07, 6.45) is -1.41. The molecule has 0 saturated carbocycles. The van der Waals surface area contributed by atoms with E-state index in [4.69, 9.17) is 5.26 Å². The molecule has 0 heterocycles. The maximum absolute atomic E-state index is 10.3. The second-order valence-electron chi connectivity index (χ2n) is 2.22. The standard InChI is InChI=1S/C8H8O4.Na/c9-8(10)7(12-11)6-4-2-1-3-5-6;/h1-5,7,11H,(H,9,10);/q;+1/p-1. The van der Waals surface area contributed by atoms with E-state index in [0.29, 0.717) is 5.56 Å². The first-order chi connectivity index (χ1) is 5.75. The van der Waals surface area contributed by atoms with Crippen LogP contribution in [-0.4, -0.2) is 11.2 Å². The Morgan fingerprint density at radius 2 is 1.92 bits per heavy atom. The molecule has 0 radical (unpaired) electrons. The van der Waals surface area contributed by atoms with Gasteiger partial charge in [0.05, 0.1) is 5.97 Å². The van der Waals surface area contributed by atoms with Gasteiger partial charge in [0.2, 0.25) is 0 Å². The average Bonchev–Trinajstić information content (AvgIpc) is 2.07. The van der Waals surface area contributed by atoms with E-state index in [2.05, 4.69) is 4.89 Å². The van der Waals surface area contributed by atoms with Crippen LogP contribution in [0.1, 0.15) is 11.7 Å². The van der Waals surface area contributed by atoms with Gasteiger partial charge in [-0.1, -0.05) is 30.3 Å². The summed E-state index contributed by atoms with van der Waals surface area (Å²) in [4.78, 5) is 14.1. The van der Waals surface area contributed by atoms with Crippen LogP contribution in [0.15, 0.2) is 30.3 Å². The van der Waals surface area contributed by atoms with E-state index in [0.717, 1.165) is 0 Å². The number of carboxylic acid groups (broad SMARTS) is 1. The van der Waals surface area contributed by atoms with Crippen molar-refractivity contribution in [3.63, 3.8) is 0 Å². The number of hydrogen-bond acceptors (Lipinski definition) is 4. The first-order valence-electron chi connectivity index (χ1n) is 3.31. The summed E-state index contributed by atoms with van der Waals surface area (Å²) in [6.45, 7) is 0. The molecular formula is C8H7NaO4. The monoisotopic (exact) mass is 190 g/mol. The molecule has 0 saturated heterocycles. The van der Waals surface area contributed by atoms with Gasteiger partial charge in [-0.25, -0.2) is 4.89 Å². The van der Waals surface area contributed by atoms with E-state index in [1.165, 1.54) is 12.1 Å². The SMILES string of the molecule is O=C([O-])C(OO)c1ccccc1.[Na+]. The molecule has 0 aromatic heterocycles. The van der Waals surface area contributed by atoms with Gasteiger partial charge < -0.3 is 9.90 Å². The van der Waals surface area contributed by atoms with Crippen molar-refractivity contribution < 1.29 is 49.6 Å². The van der Waals surface area contributed by atoms with E-state index in [1.54, 1.807) is 18.2 Å². The molecule has 0 fully saturated rings. The minimum absolute atomic E-state index is 0. The zero-order valence-electron chi connectivity index (χ0n) is 7.14. The van der Waals surface area contributed by atoms with Crippen molar-refractivity contribution in [2.45, 2.75) is 6.10 Å². The van der Waals surface area contributed by atoms with Crippen LogP contribution in [0.3, 0.4) is 0 Å². The predicted octanol–water partition coefficient (Wildman–Crippen LogP) is -3.03. The Bertz CT molecular complexity index is 262. The molecule has 1 rings (SSSR count). The molecule has 0 bridgehead atoms. The summed E-state index contributed by atoms with van der Waals surface area (Å²) in [5.74, 6) is -1.47. The fourth-order valence-corrected chi connectivity index (χ4v) is 0.868. The van der Waals surface area contributed by atoms with Crippen LogP contribution in [-0.2, 0) is 9.68 Å². The third kappa shape index (κ3) is 3.46. The second-order valence-corrected chi connectivity index (χ2v) is 2.22. The number of carbonyl (C=O) groups is 1. The van der Waals surface area contributed by atoms with Gasteiger partial charge in [0.15, 0.2) is 6.10 Å². The van der Waals surface area contributed by atoms with E-state index in [-0.39, 0.29) is 29.6 Å². The summed E-state index contributed by atoms with van der Waals surface area (Å²) in [5, 5.41) is 18.6. The normalized spacial score (nSPS) is 11.5. The van der Waals surface area contributed by atoms with E-state index in [9.17, 15) is 9.90 Å². The molecule has 5 heteroatoms. The first kappa shape index (κ1) is 12.6. The maximum Gasteiger partial charge on any atom is 1.00 e. The zero-order chi connectivity index (χ0) is 8.97. The topological polar surface area (TPSA) is 69.6 Å². The molecule has 1 atom stereocenters. The quantitative estimate of drug-likeness (QED) is 0.313. The van der Waals surface area contributed by atoms with Crippen molar-refractivity contribution in [1.29, 1.82) is 0 Å². The number of benzene rings is 1. The van der Waals surface area contributed by atoms with Crippen LogP contribution in [0.5, 0.6) is 0 Å². The largest absolute Gasteiger partial charge is 1.00 e. The number of rotatable bonds is 3. The van der Waals surface area contributed by atoms with E-state index in [1.807, 2.05) is 0 Å². The van der Waals surface area contributed by atoms with Crippen molar-refractivity contribution in [3.8, 4) is 0 Å². The fraction of sp³-hybridized carbons (Fsp3) is 0.125. The van der Waals surface area contributed by atoms with Gasteiger partial charge in [-0.05, 0) is 5.56 Å². The van der Waals surface area contributed by atoms with Gasteiger partial charge >= 0.3 is 29.6 Å². The predicted molar refractivity (Wildman–Crippen MR) is 37.9 cm³/mol. The molecule has 64 valence electrons. The molecule has 1 unspecified atom stereocenters. The third-order valence-corrected chi connectivity index (χ3v) is 1.42. The molecule has 4 nitrogen and oxygen atoms in total. The smallest absolute Gasteiger partial charge is 0.547 e.